The molecule has 24 heavy (non-hydrogen) atoms. The van der Waals surface area contributed by atoms with Gasteiger partial charge in [-0.05, 0) is 36.8 Å². The van der Waals surface area contributed by atoms with E-state index >= 15 is 0 Å². The van der Waals surface area contributed by atoms with Gasteiger partial charge in [-0.3, -0.25) is 4.72 Å². The Morgan fingerprint density at radius 3 is 2.67 bits per heavy atom. The van der Waals surface area contributed by atoms with Crippen LogP contribution in [0.2, 0.25) is 5.02 Å². The van der Waals surface area contributed by atoms with Crippen LogP contribution in [-0.4, -0.2) is 26.3 Å². The normalized spacial score (nSPS) is 11.1. The lowest BCUT2D eigenvalue weighted by Gasteiger charge is -2.12. The highest BCUT2D eigenvalue weighted by Gasteiger charge is 2.10. The molecule has 0 aliphatic carbocycles. The van der Waals surface area contributed by atoms with E-state index in [0.717, 1.165) is 6.42 Å². The molecular weight excluding hydrogens is 350 g/mol. The summed E-state index contributed by atoms with van der Waals surface area (Å²) < 4.78 is 31.4. The molecule has 6 nitrogen and oxygen atoms in total. The zero-order valence-corrected chi connectivity index (χ0v) is 15.1. The Bertz CT molecular complexity index is 780. The van der Waals surface area contributed by atoms with Crippen LogP contribution in [0.15, 0.2) is 36.5 Å². The van der Waals surface area contributed by atoms with Gasteiger partial charge in [0.05, 0.1) is 30.4 Å². The number of halogens is 1. The van der Waals surface area contributed by atoms with Crippen molar-refractivity contribution in [2.45, 2.75) is 19.8 Å². The Morgan fingerprint density at radius 1 is 1.25 bits per heavy atom. The molecule has 1 heterocycles. The number of aromatic nitrogens is 1. The van der Waals surface area contributed by atoms with E-state index in [4.69, 9.17) is 16.3 Å². The molecule has 0 saturated carbocycles. The fourth-order valence-electron chi connectivity index (χ4n) is 2.01. The van der Waals surface area contributed by atoms with Crippen molar-refractivity contribution < 1.29 is 13.2 Å². The van der Waals surface area contributed by atoms with Crippen LogP contribution in [0.25, 0.3) is 0 Å². The average Bonchev–Trinajstić information content (AvgIpc) is 2.55. The summed E-state index contributed by atoms with van der Waals surface area (Å²) in [6.45, 7) is 1.94. The summed E-state index contributed by atoms with van der Waals surface area (Å²) in [5.74, 6) is 1.02. The van der Waals surface area contributed by atoms with Gasteiger partial charge in [-0.1, -0.05) is 24.9 Å². The fraction of sp³-hybridized carbons (Fsp3) is 0.312. The monoisotopic (exact) mass is 369 g/mol. The summed E-state index contributed by atoms with van der Waals surface area (Å²) in [5.41, 5.74) is 1.38. The summed E-state index contributed by atoms with van der Waals surface area (Å²) in [7, 11) is -1.78. The smallest absolute Gasteiger partial charge is 0.233 e. The van der Waals surface area contributed by atoms with Crippen molar-refractivity contribution in [3.63, 3.8) is 0 Å². The Labute approximate surface area is 147 Å². The Hall–Kier alpha value is -1.99. The van der Waals surface area contributed by atoms with E-state index in [-0.39, 0.29) is 11.6 Å². The first-order valence-corrected chi connectivity index (χ1v) is 9.53. The minimum absolute atomic E-state index is 0.0882. The molecule has 2 rings (SSSR count). The van der Waals surface area contributed by atoms with Gasteiger partial charge in [0.1, 0.15) is 11.6 Å². The Balaban J connectivity index is 2.09. The SMILES string of the molecule is CCCCS(=O)(=O)Nc1ccc(Nc2cc(Cl)ccc2OC)cn1. The minimum Gasteiger partial charge on any atom is -0.495 e. The van der Waals surface area contributed by atoms with Crippen LogP contribution in [-0.2, 0) is 10.0 Å². The molecule has 0 amide bonds. The summed E-state index contributed by atoms with van der Waals surface area (Å²) in [6.07, 6.45) is 2.97. The third-order valence-electron chi connectivity index (χ3n) is 3.23. The molecular formula is C16H20ClN3O3S. The van der Waals surface area contributed by atoms with Crippen molar-refractivity contribution in [3.05, 3.63) is 41.6 Å². The molecule has 0 aliphatic rings. The quantitative estimate of drug-likeness (QED) is 0.734. The van der Waals surface area contributed by atoms with Crippen LogP contribution in [0.3, 0.4) is 0 Å². The molecule has 1 aromatic heterocycles. The number of anilines is 3. The predicted molar refractivity (Wildman–Crippen MR) is 97.8 cm³/mol. The molecule has 8 heteroatoms. The second-order valence-electron chi connectivity index (χ2n) is 5.18. The molecule has 0 spiro atoms. The zero-order valence-electron chi connectivity index (χ0n) is 13.5. The summed E-state index contributed by atoms with van der Waals surface area (Å²) in [4.78, 5) is 4.12. The topological polar surface area (TPSA) is 80.3 Å². The van der Waals surface area contributed by atoms with Crippen molar-refractivity contribution in [1.29, 1.82) is 0 Å². The molecule has 0 atom stereocenters. The van der Waals surface area contributed by atoms with Crippen molar-refractivity contribution in [1.82, 2.24) is 4.98 Å². The van der Waals surface area contributed by atoms with E-state index in [0.29, 0.717) is 28.6 Å². The highest BCUT2D eigenvalue weighted by atomic mass is 35.5. The predicted octanol–water partition coefficient (Wildman–Crippen LogP) is 4.03. The van der Waals surface area contributed by atoms with Crippen molar-refractivity contribution in [2.75, 3.05) is 22.9 Å². The van der Waals surface area contributed by atoms with E-state index in [9.17, 15) is 8.42 Å². The number of unbranched alkanes of at least 4 members (excludes halogenated alkanes) is 1. The largest absolute Gasteiger partial charge is 0.495 e. The lowest BCUT2D eigenvalue weighted by atomic mass is 10.2. The molecule has 0 saturated heterocycles. The van der Waals surface area contributed by atoms with Gasteiger partial charge in [0.15, 0.2) is 0 Å². The van der Waals surface area contributed by atoms with E-state index in [1.807, 2.05) is 6.92 Å². The van der Waals surface area contributed by atoms with Crippen molar-refractivity contribution in [2.24, 2.45) is 0 Å². The van der Waals surface area contributed by atoms with Crippen LogP contribution in [0.1, 0.15) is 19.8 Å². The number of pyridine rings is 1. The van der Waals surface area contributed by atoms with E-state index in [2.05, 4.69) is 15.0 Å². The standard InChI is InChI=1S/C16H20ClN3O3S/c1-3-4-9-24(21,22)20-16-8-6-13(11-18-16)19-14-10-12(17)5-7-15(14)23-2/h5-8,10-11,19H,3-4,9H2,1-2H3,(H,18,20). The first kappa shape index (κ1) is 18.4. The molecule has 0 bridgehead atoms. The Morgan fingerprint density at radius 2 is 2.04 bits per heavy atom. The summed E-state index contributed by atoms with van der Waals surface area (Å²) in [6, 6.07) is 8.56. The minimum atomic E-state index is -3.36. The molecule has 0 radical (unpaired) electrons. The van der Waals surface area contributed by atoms with Gasteiger partial charge in [-0.2, -0.15) is 0 Å². The number of methoxy groups -OCH3 is 1. The number of nitrogens with one attached hydrogen (secondary N) is 2. The number of sulfonamides is 1. The Kier molecular flexibility index (Phi) is 6.28. The van der Waals surface area contributed by atoms with Gasteiger partial charge in [0, 0.05) is 5.02 Å². The average molecular weight is 370 g/mol. The van der Waals surface area contributed by atoms with E-state index in [1.165, 1.54) is 6.20 Å². The van der Waals surface area contributed by atoms with Crippen LogP contribution in [0, 0.1) is 0 Å². The van der Waals surface area contributed by atoms with Crippen LogP contribution in [0.5, 0.6) is 5.75 Å². The highest BCUT2D eigenvalue weighted by molar-refractivity contribution is 7.92. The lowest BCUT2D eigenvalue weighted by Crippen LogP contribution is -2.17. The highest BCUT2D eigenvalue weighted by Crippen LogP contribution is 2.30. The molecule has 1 aromatic carbocycles. The van der Waals surface area contributed by atoms with Gasteiger partial charge in [0.25, 0.3) is 0 Å². The molecule has 2 aromatic rings. The molecule has 0 fully saturated rings. The van der Waals surface area contributed by atoms with Crippen LogP contribution >= 0.6 is 11.6 Å². The maximum atomic E-state index is 11.9. The molecule has 2 N–H and O–H groups in total. The lowest BCUT2D eigenvalue weighted by molar-refractivity contribution is 0.417. The van der Waals surface area contributed by atoms with E-state index < -0.39 is 10.0 Å². The second-order valence-corrected chi connectivity index (χ2v) is 7.45. The van der Waals surface area contributed by atoms with Gasteiger partial charge < -0.3 is 10.1 Å². The third-order valence-corrected chi connectivity index (χ3v) is 4.81. The zero-order chi connectivity index (χ0) is 17.6. The molecule has 130 valence electrons. The summed E-state index contributed by atoms with van der Waals surface area (Å²) >= 11 is 5.99. The van der Waals surface area contributed by atoms with Crippen LogP contribution < -0.4 is 14.8 Å². The molecule has 0 aliphatic heterocycles. The number of nitrogens with zero attached hydrogens (tertiary/aromatic N) is 1. The summed E-state index contributed by atoms with van der Waals surface area (Å²) in [5, 5.41) is 3.71. The first-order valence-electron chi connectivity index (χ1n) is 7.50. The number of benzene rings is 1. The van der Waals surface area contributed by atoms with Crippen molar-refractivity contribution >= 4 is 38.8 Å². The van der Waals surface area contributed by atoms with Crippen molar-refractivity contribution in [3.8, 4) is 5.75 Å². The van der Waals surface area contributed by atoms with Gasteiger partial charge in [-0.25, -0.2) is 13.4 Å². The van der Waals surface area contributed by atoms with Gasteiger partial charge in [-0.15, -0.1) is 0 Å². The maximum absolute atomic E-state index is 11.9. The number of hydrogen-bond acceptors (Lipinski definition) is 5. The number of ether oxygens (including phenoxy) is 1. The number of rotatable bonds is 8. The molecule has 0 unspecified atom stereocenters. The number of hydrogen-bond donors (Lipinski definition) is 2. The van der Waals surface area contributed by atoms with Gasteiger partial charge >= 0.3 is 0 Å². The first-order chi connectivity index (χ1) is 11.4. The fourth-order valence-corrected chi connectivity index (χ4v) is 3.39. The van der Waals surface area contributed by atoms with Crippen LogP contribution in [0.4, 0.5) is 17.2 Å². The van der Waals surface area contributed by atoms with E-state index in [1.54, 1.807) is 37.4 Å². The maximum Gasteiger partial charge on any atom is 0.233 e. The van der Waals surface area contributed by atoms with Gasteiger partial charge in [0.2, 0.25) is 10.0 Å². The second kappa shape index (κ2) is 8.21. The third kappa shape index (κ3) is 5.28.